The van der Waals surface area contributed by atoms with Crippen LogP contribution >= 0.6 is 0 Å². The van der Waals surface area contributed by atoms with E-state index in [2.05, 4.69) is 46.5 Å². The maximum atomic E-state index is 4.92. The molecule has 0 amide bonds. The lowest BCUT2D eigenvalue weighted by atomic mass is 9.92. The summed E-state index contributed by atoms with van der Waals surface area (Å²) in [6.07, 6.45) is 7.92. The minimum absolute atomic E-state index is 0.277. The summed E-state index contributed by atoms with van der Waals surface area (Å²) in [5.74, 6) is 0. The highest BCUT2D eigenvalue weighted by Gasteiger charge is 2.26. The van der Waals surface area contributed by atoms with Crippen LogP contribution in [0.4, 0.5) is 0 Å². The summed E-state index contributed by atoms with van der Waals surface area (Å²) in [6.45, 7) is 2.14. The van der Waals surface area contributed by atoms with Crippen molar-refractivity contribution in [2.45, 2.75) is 44.7 Å². The molecule has 0 aromatic carbocycles. The fraction of sp³-hybridized carbons (Fsp3) is 0.318. The third-order valence-electron chi connectivity index (χ3n) is 5.04. The number of nitrogens with zero attached hydrogens (tertiary/aromatic N) is 3. The summed E-state index contributed by atoms with van der Waals surface area (Å²) < 4.78 is 0. The maximum absolute atomic E-state index is 4.92. The summed E-state index contributed by atoms with van der Waals surface area (Å²) in [4.78, 5) is 13.9. The predicted molar refractivity (Wildman–Crippen MR) is 103 cm³/mol. The molecule has 1 aliphatic heterocycles. The van der Waals surface area contributed by atoms with E-state index < -0.39 is 0 Å². The molecule has 0 bridgehead atoms. The van der Waals surface area contributed by atoms with Gasteiger partial charge in [0.05, 0.1) is 17.4 Å². The van der Waals surface area contributed by atoms with Crippen LogP contribution in [0.3, 0.4) is 0 Å². The molecule has 1 N–H and O–H groups in total. The van der Waals surface area contributed by atoms with Gasteiger partial charge in [-0.15, -0.1) is 0 Å². The molecule has 3 aromatic rings. The minimum atomic E-state index is 0.277. The zero-order valence-corrected chi connectivity index (χ0v) is 15.1. The van der Waals surface area contributed by atoms with E-state index in [1.807, 2.05) is 36.7 Å². The Balaban J connectivity index is 1.52. The van der Waals surface area contributed by atoms with Gasteiger partial charge in [-0.3, -0.25) is 15.0 Å². The molecule has 1 aliphatic rings. The van der Waals surface area contributed by atoms with Crippen molar-refractivity contribution in [1.82, 2.24) is 20.3 Å². The zero-order chi connectivity index (χ0) is 17.8. The van der Waals surface area contributed by atoms with Crippen LogP contribution < -0.4 is 5.32 Å². The molecule has 0 aliphatic carbocycles. The first-order chi connectivity index (χ1) is 12.8. The van der Waals surface area contributed by atoms with E-state index in [9.17, 15) is 0 Å². The van der Waals surface area contributed by atoms with Crippen molar-refractivity contribution in [3.63, 3.8) is 0 Å². The summed E-state index contributed by atoms with van der Waals surface area (Å²) in [5, 5.41) is 3.78. The Morgan fingerprint density at radius 1 is 0.885 bits per heavy atom. The number of pyridine rings is 3. The average Bonchev–Trinajstić information content (AvgIpc) is 2.69. The first-order valence-corrected chi connectivity index (χ1v) is 9.33. The topological polar surface area (TPSA) is 50.7 Å². The fourth-order valence-electron chi connectivity index (χ4n) is 3.73. The van der Waals surface area contributed by atoms with Crippen LogP contribution in [0.15, 0.2) is 60.9 Å². The quantitative estimate of drug-likeness (QED) is 0.765. The van der Waals surface area contributed by atoms with E-state index in [-0.39, 0.29) is 6.04 Å². The monoisotopic (exact) mass is 344 g/mol. The first kappa shape index (κ1) is 16.9. The van der Waals surface area contributed by atoms with Crippen LogP contribution in [0.25, 0.3) is 0 Å². The molecule has 4 nitrogen and oxygen atoms in total. The molecule has 1 saturated heterocycles. The molecule has 0 spiro atoms. The van der Waals surface area contributed by atoms with Gasteiger partial charge < -0.3 is 5.32 Å². The Morgan fingerprint density at radius 3 is 2.58 bits per heavy atom. The van der Waals surface area contributed by atoms with Crippen LogP contribution in [-0.2, 0) is 6.42 Å². The lowest BCUT2D eigenvalue weighted by Crippen LogP contribution is -2.32. The normalized spacial score (nSPS) is 20.0. The van der Waals surface area contributed by atoms with Crippen molar-refractivity contribution in [1.29, 1.82) is 0 Å². The highest BCUT2D eigenvalue weighted by molar-refractivity contribution is 5.24. The van der Waals surface area contributed by atoms with Gasteiger partial charge in [-0.1, -0.05) is 18.2 Å². The third-order valence-corrected chi connectivity index (χ3v) is 5.04. The first-order valence-electron chi connectivity index (χ1n) is 9.33. The number of hydrogen-bond acceptors (Lipinski definition) is 4. The number of rotatable bonds is 4. The molecule has 3 aromatic heterocycles. The van der Waals surface area contributed by atoms with Gasteiger partial charge in [0.1, 0.15) is 0 Å². The van der Waals surface area contributed by atoms with Crippen molar-refractivity contribution in [2.24, 2.45) is 0 Å². The number of piperidine rings is 1. The van der Waals surface area contributed by atoms with E-state index >= 15 is 0 Å². The number of hydrogen-bond donors (Lipinski definition) is 1. The summed E-state index contributed by atoms with van der Waals surface area (Å²) >= 11 is 0. The van der Waals surface area contributed by atoms with Crippen LogP contribution in [0.5, 0.6) is 0 Å². The smallest absolute Gasteiger partial charge is 0.0602 e. The van der Waals surface area contributed by atoms with Crippen LogP contribution in [0.1, 0.15) is 59.7 Å². The van der Waals surface area contributed by atoms with E-state index in [0.29, 0.717) is 6.04 Å². The molecule has 132 valence electrons. The van der Waals surface area contributed by atoms with Gasteiger partial charge in [-0.25, -0.2) is 0 Å². The van der Waals surface area contributed by atoms with Crippen molar-refractivity contribution < 1.29 is 0 Å². The fourth-order valence-corrected chi connectivity index (χ4v) is 3.73. The van der Waals surface area contributed by atoms with Gasteiger partial charge in [0.15, 0.2) is 0 Å². The molecule has 0 unspecified atom stereocenters. The largest absolute Gasteiger partial charge is 0.300 e. The molecule has 26 heavy (non-hydrogen) atoms. The molecular formula is C22H24N4. The Morgan fingerprint density at radius 2 is 1.73 bits per heavy atom. The summed E-state index contributed by atoms with van der Waals surface area (Å²) in [5.41, 5.74) is 5.66. The Kier molecular flexibility index (Phi) is 5.02. The van der Waals surface area contributed by atoms with Crippen molar-refractivity contribution in [2.75, 3.05) is 0 Å². The van der Waals surface area contributed by atoms with Crippen molar-refractivity contribution >= 4 is 0 Å². The predicted octanol–water partition coefficient (Wildman–Crippen LogP) is 4.33. The second-order valence-corrected chi connectivity index (χ2v) is 6.96. The molecule has 4 rings (SSSR count). The molecule has 0 radical (unpaired) electrons. The van der Waals surface area contributed by atoms with Crippen molar-refractivity contribution in [3.8, 4) is 0 Å². The molecule has 4 heterocycles. The third kappa shape index (κ3) is 3.81. The van der Waals surface area contributed by atoms with Crippen LogP contribution in [0.2, 0.25) is 0 Å². The van der Waals surface area contributed by atoms with E-state index in [4.69, 9.17) is 4.98 Å². The maximum Gasteiger partial charge on any atom is 0.0602 e. The second kappa shape index (κ2) is 7.75. The van der Waals surface area contributed by atoms with E-state index in [1.54, 1.807) is 0 Å². The molecular weight excluding hydrogens is 320 g/mol. The second-order valence-electron chi connectivity index (χ2n) is 6.96. The van der Waals surface area contributed by atoms with E-state index in [1.165, 1.54) is 17.7 Å². The zero-order valence-electron chi connectivity index (χ0n) is 15.1. The lowest BCUT2D eigenvalue weighted by molar-refractivity contribution is 0.320. The Bertz CT molecular complexity index is 863. The van der Waals surface area contributed by atoms with Crippen molar-refractivity contribution in [3.05, 3.63) is 89.3 Å². The highest BCUT2D eigenvalue weighted by Crippen LogP contribution is 2.32. The van der Waals surface area contributed by atoms with Crippen LogP contribution in [0, 0.1) is 6.92 Å². The number of aromatic nitrogens is 3. The van der Waals surface area contributed by atoms with Crippen LogP contribution in [-0.4, -0.2) is 15.0 Å². The number of aryl methyl sites for hydroxylation is 1. The van der Waals surface area contributed by atoms with Gasteiger partial charge in [-0.05, 0) is 62.1 Å². The van der Waals surface area contributed by atoms with Gasteiger partial charge in [0.25, 0.3) is 0 Å². The molecule has 4 heteroatoms. The SMILES string of the molecule is Cc1cccnc1[C@@H]1CCC[C@H](c2cccc(Cc3ccccn3)n2)N1. The van der Waals surface area contributed by atoms with Gasteiger partial charge >= 0.3 is 0 Å². The molecule has 1 fully saturated rings. The molecule has 2 atom stereocenters. The Labute approximate surface area is 154 Å². The Hall–Kier alpha value is -2.59. The molecule has 0 saturated carbocycles. The minimum Gasteiger partial charge on any atom is -0.300 e. The standard InChI is InChI=1S/C22H24N4/c1-16-7-6-14-24-22(16)21-12-5-11-20(26-21)19-10-4-9-18(25-19)15-17-8-2-3-13-23-17/h2-4,6-10,13-14,20-21,26H,5,11-12,15H2,1H3/t20-,21+/m1/s1. The average molecular weight is 344 g/mol. The summed E-state index contributed by atoms with van der Waals surface area (Å²) in [7, 11) is 0. The lowest BCUT2D eigenvalue weighted by Gasteiger charge is -2.31. The van der Waals surface area contributed by atoms with Gasteiger partial charge in [0.2, 0.25) is 0 Å². The van der Waals surface area contributed by atoms with Gasteiger partial charge in [-0.2, -0.15) is 0 Å². The highest BCUT2D eigenvalue weighted by atomic mass is 15.0. The summed E-state index contributed by atoms with van der Waals surface area (Å²) in [6, 6.07) is 17.1. The van der Waals surface area contributed by atoms with E-state index in [0.717, 1.165) is 36.3 Å². The number of nitrogens with one attached hydrogen (secondary N) is 1. The van der Waals surface area contributed by atoms with Gasteiger partial charge in [0, 0.05) is 36.2 Å².